The molecular formula is C18H22N2. The fourth-order valence-electron chi connectivity index (χ4n) is 3.09. The van der Waals surface area contributed by atoms with Crippen LogP contribution in [0.2, 0.25) is 0 Å². The van der Waals surface area contributed by atoms with Crippen LogP contribution in [-0.2, 0) is 6.42 Å². The average molecular weight is 266 g/mol. The molecule has 1 aliphatic rings. The number of hydrogen-bond donors (Lipinski definition) is 0. The van der Waals surface area contributed by atoms with Gasteiger partial charge in [-0.25, -0.2) is 9.97 Å². The van der Waals surface area contributed by atoms with Gasteiger partial charge in [0.05, 0.1) is 0 Å². The molecule has 0 radical (unpaired) electrons. The van der Waals surface area contributed by atoms with Gasteiger partial charge in [0.15, 0.2) is 5.82 Å². The summed E-state index contributed by atoms with van der Waals surface area (Å²) in [7, 11) is 0. The van der Waals surface area contributed by atoms with E-state index in [1.165, 1.54) is 44.2 Å². The van der Waals surface area contributed by atoms with Gasteiger partial charge in [-0.05, 0) is 24.8 Å². The van der Waals surface area contributed by atoms with Gasteiger partial charge in [0.25, 0.3) is 0 Å². The maximum absolute atomic E-state index is 4.72. The number of benzene rings is 1. The van der Waals surface area contributed by atoms with Gasteiger partial charge in [-0.1, -0.05) is 62.4 Å². The molecule has 2 aromatic rings. The van der Waals surface area contributed by atoms with Crippen LogP contribution in [0, 0.1) is 5.92 Å². The van der Waals surface area contributed by atoms with Gasteiger partial charge in [0.1, 0.15) is 0 Å². The third kappa shape index (κ3) is 3.44. The summed E-state index contributed by atoms with van der Waals surface area (Å²) >= 11 is 0. The Hall–Kier alpha value is -1.70. The summed E-state index contributed by atoms with van der Waals surface area (Å²) < 4.78 is 0. The largest absolute Gasteiger partial charge is 0.237 e. The minimum Gasteiger partial charge on any atom is -0.237 e. The fourth-order valence-corrected chi connectivity index (χ4v) is 3.09. The quantitative estimate of drug-likeness (QED) is 0.804. The minimum absolute atomic E-state index is 0.853. The molecule has 0 N–H and O–H groups in total. The predicted octanol–water partition coefficient (Wildman–Crippen LogP) is 4.66. The topological polar surface area (TPSA) is 25.8 Å². The van der Waals surface area contributed by atoms with Gasteiger partial charge >= 0.3 is 0 Å². The highest BCUT2D eigenvalue weighted by Gasteiger charge is 2.13. The van der Waals surface area contributed by atoms with Crippen molar-refractivity contribution in [3.63, 3.8) is 0 Å². The summed E-state index contributed by atoms with van der Waals surface area (Å²) in [4.78, 5) is 9.11. The molecule has 0 saturated heterocycles. The molecule has 3 rings (SSSR count). The average Bonchev–Trinajstić information content (AvgIpc) is 2.55. The lowest BCUT2D eigenvalue weighted by atomic mass is 9.86. The van der Waals surface area contributed by atoms with E-state index in [2.05, 4.69) is 23.2 Å². The van der Waals surface area contributed by atoms with Crippen molar-refractivity contribution in [2.75, 3.05) is 0 Å². The molecule has 2 heteroatoms. The van der Waals surface area contributed by atoms with E-state index < -0.39 is 0 Å². The van der Waals surface area contributed by atoms with Gasteiger partial charge in [0.2, 0.25) is 0 Å². The summed E-state index contributed by atoms with van der Waals surface area (Å²) in [6.07, 6.45) is 11.4. The van der Waals surface area contributed by atoms with Gasteiger partial charge in [-0.3, -0.25) is 0 Å². The summed E-state index contributed by atoms with van der Waals surface area (Å²) in [5.74, 6) is 1.77. The van der Waals surface area contributed by atoms with Crippen molar-refractivity contribution in [1.29, 1.82) is 0 Å². The van der Waals surface area contributed by atoms with Crippen LogP contribution < -0.4 is 0 Å². The standard InChI is InChI=1S/C18H22N2/c1-3-7-15(8-4-1)11-12-17-13-14-19-18(20-17)16-9-5-2-6-10-16/h2,5-6,9-10,13-15H,1,3-4,7-8,11-12H2. The highest BCUT2D eigenvalue weighted by molar-refractivity contribution is 5.54. The van der Waals surface area contributed by atoms with Crippen molar-refractivity contribution in [2.45, 2.75) is 44.9 Å². The van der Waals surface area contributed by atoms with Crippen LogP contribution in [0.1, 0.15) is 44.2 Å². The highest BCUT2D eigenvalue weighted by atomic mass is 14.9. The first-order chi connectivity index (χ1) is 9.92. The van der Waals surface area contributed by atoms with E-state index in [4.69, 9.17) is 4.98 Å². The van der Waals surface area contributed by atoms with Crippen molar-refractivity contribution < 1.29 is 0 Å². The molecule has 0 bridgehead atoms. The van der Waals surface area contributed by atoms with E-state index in [0.717, 1.165) is 23.7 Å². The van der Waals surface area contributed by atoms with E-state index in [-0.39, 0.29) is 0 Å². The molecule has 0 amide bonds. The van der Waals surface area contributed by atoms with Crippen molar-refractivity contribution in [2.24, 2.45) is 5.92 Å². The maximum Gasteiger partial charge on any atom is 0.159 e. The van der Waals surface area contributed by atoms with E-state index >= 15 is 0 Å². The molecule has 0 unspecified atom stereocenters. The smallest absolute Gasteiger partial charge is 0.159 e. The van der Waals surface area contributed by atoms with E-state index in [0.29, 0.717) is 0 Å². The molecule has 1 aliphatic carbocycles. The Labute approximate surface area is 121 Å². The molecule has 104 valence electrons. The van der Waals surface area contributed by atoms with Crippen LogP contribution in [0.5, 0.6) is 0 Å². The lowest BCUT2D eigenvalue weighted by Crippen LogP contribution is -2.08. The van der Waals surface area contributed by atoms with Crippen LogP contribution in [0.3, 0.4) is 0 Å². The summed E-state index contributed by atoms with van der Waals surface area (Å²) in [5, 5.41) is 0. The Kier molecular flexibility index (Phi) is 4.42. The molecule has 1 saturated carbocycles. The molecule has 0 atom stereocenters. The number of nitrogens with zero attached hydrogens (tertiary/aromatic N) is 2. The zero-order chi connectivity index (χ0) is 13.6. The molecule has 1 fully saturated rings. The van der Waals surface area contributed by atoms with Gasteiger partial charge in [0, 0.05) is 17.5 Å². The monoisotopic (exact) mass is 266 g/mol. The molecule has 0 aliphatic heterocycles. The SMILES string of the molecule is c1ccc(-c2nccc(CCC3CCCCC3)n2)cc1. The Bertz CT molecular complexity index is 530. The number of aryl methyl sites for hydroxylation is 1. The Morgan fingerprint density at radius 3 is 2.55 bits per heavy atom. The van der Waals surface area contributed by atoms with Crippen molar-refractivity contribution >= 4 is 0 Å². The second-order valence-corrected chi connectivity index (χ2v) is 5.78. The van der Waals surface area contributed by atoms with Crippen LogP contribution in [-0.4, -0.2) is 9.97 Å². The van der Waals surface area contributed by atoms with Crippen LogP contribution in [0.4, 0.5) is 0 Å². The zero-order valence-electron chi connectivity index (χ0n) is 12.0. The predicted molar refractivity (Wildman–Crippen MR) is 82.4 cm³/mol. The third-order valence-electron chi connectivity index (χ3n) is 4.28. The second-order valence-electron chi connectivity index (χ2n) is 5.78. The fraction of sp³-hybridized carbons (Fsp3) is 0.444. The number of rotatable bonds is 4. The molecule has 2 nitrogen and oxygen atoms in total. The van der Waals surface area contributed by atoms with Crippen LogP contribution in [0.15, 0.2) is 42.6 Å². The molecule has 1 aromatic carbocycles. The van der Waals surface area contributed by atoms with Gasteiger partial charge in [-0.2, -0.15) is 0 Å². The first kappa shape index (κ1) is 13.3. The minimum atomic E-state index is 0.853. The number of hydrogen-bond acceptors (Lipinski definition) is 2. The molecule has 0 spiro atoms. The third-order valence-corrected chi connectivity index (χ3v) is 4.28. The van der Waals surface area contributed by atoms with Crippen molar-refractivity contribution in [3.8, 4) is 11.4 Å². The second kappa shape index (κ2) is 6.65. The van der Waals surface area contributed by atoms with Crippen molar-refractivity contribution in [3.05, 3.63) is 48.3 Å². The summed E-state index contributed by atoms with van der Waals surface area (Å²) in [6, 6.07) is 12.3. The van der Waals surface area contributed by atoms with Gasteiger partial charge in [-0.15, -0.1) is 0 Å². The maximum atomic E-state index is 4.72. The normalized spacial score (nSPS) is 16.2. The molecule has 1 heterocycles. The number of aromatic nitrogens is 2. The molecule has 20 heavy (non-hydrogen) atoms. The Morgan fingerprint density at radius 1 is 0.950 bits per heavy atom. The highest BCUT2D eigenvalue weighted by Crippen LogP contribution is 2.27. The Morgan fingerprint density at radius 2 is 1.75 bits per heavy atom. The van der Waals surface area contributed by atoms with Crippen molar-refractivity contribution in [1.82, 2.24) is 9.97 Å². The summed E-state index contributed by atoms with van der Waals surface area (Å²) in [6.45, 7) is 0. The van der Waals surface area contributed by atoms with E-state index in [9.17, 15) is 0 Å². The van der Waals surface area contributed by atoms with Crippen LogP contribution in [0.25, 0.3) is 11.4 Å². The van der Waals surface area contributed by atoms with E-state index in [1.54, 1.807) is 0 Å². The Balaban J connectivity index is 1.65. The molecular weight excluding hydrogens is 244 g/mol. The lowest BCUT2D eigenvalue weighted by Gasteiger charge is -2.21. The van der Waals surface area contributed by atoms with E-state index in [1.807, 2.05) is 24.4 Å². The summed E-state index contributed by atoms with van der Waals surface area (Å²) in [5.41, 5.74) is 2.29. The first-order valence-corrected chi connectivity index (χ1v) is 7.79. The molecule has 1 aromatic heterocycles. The lowest BCUT2D eigenvalue weighted by molar-refractivity contribution is 0.338. The van der Waals surface area contributed by atoms with Gasteiger partial charge < -0.3 is 0 Å². The van der Waals surface area contributed by atoms with Crippen LogP contribution >= 0.6 is 0 Å². The zero-order valence-corrected chi connectivity index (χ0v) is 12.0. The first-order valence-electron chi connectivity index (χ1n) is 7.79.